The Labute approximate surface area is 160 Å². The minimum atomic E-state index is -0.451. The van der Waals surface area contributed by atoms with Gasteiger partial charge in [0.05, 0.1) is 15.6 Å². The molecule has 3 aromatic rings. The molecular formula is C16H16Cl3N5O. The lowest BCUT2D eigenvalue weighted by Gasteiger charge is -2.34. The van der Waals surface area contributed by atoms with Gasteiger partial charge in [-0.3, -0.25) is 4.68 Å². The van der Waals surface area contributed by atoms with Crippen molar-refractivity contribution in [2.24, 2.45) is 0 Å². The van der Waals surface area contributed by atoms with E-state index in [1.165, 1.54) is 0 Å². The second-order valence-electron chi connectivity index (χ2n) is 5.75. The molecule has 0 bridgehead atoms. The molecule has 1 aliphatic rings. The van der Waals surface area contributed by atoms with Crippen LogP contribution >= 0.6 is 35.6 Å². The van der Waals surface area contributed by atoms with E-state index in [0.29, 0.717) is 27.3 Å². The van der Waals surface area contributed by atoms with Crippen LogP contribution in [0.2, 0.25) is 10.0 Å². The highest BCUT2D eigenvalue weighted by Crippen LogP contribution is 2.37. The monoisotopic (exact) mass is 399 g/mol. The van der Waals surface area contributed by atoms with E-state index in [2.05, 4.69) is 20.6 Å². The Morgan fingerprint density at radius 3 is 2.48 bits per heavy atom. The molecule has 2 aromatic heterocycles. The molecule has 0 amide bonds. The van der Waals surface area contributed by atoms with Crippen molar-refractivity contribution >= 4 is 35.6 Å². The van der Waals surface area contributed by atoms with E-state index in [-0.39, 0.29) is 12.4 Å². The van der Waals surface area contributed by atoms with Gasteiger partial charge in [0.2, 0.25) is 5.82 Å². The van der Waals surface area contributed by atoms with Gasteiger partial charge in [0, 0.05) is 12.4 Å². The average molecular weight is 401 g/mol. The third-order valence-corrected chi connectivity index (χ3v) is 5.01. The summed E-state index contributed by atoms with van der Waals surface area (Å²) in [7, 11) is 0. The Kier molecular flexibility index (Phi) is 5.34. The molecule has 0 saturated carbocycles. The van der Waals surface area contributed by atoms with E-state index in [1.54, 1.807) is 24.4 Å². The summed E-state index contributed by atoms with van der Waals surface area (Å²) >= 11 is 12.5. The fraction of sp³-hybridized carbons (Fsp3) is 0.312. The third kappa shape index (κ3) is 3.15. The minimum Gasteiger partial charge on any atom is -0.336 e. The molecule has 1 aliphatic heterocycles. The van der Waals surface area contributed by atoms with Crippen LogP contribution in [0.25, 0.3) is 11.4 Å². The predicted molar refractivity (Wildman–Crippen MR) is 98.4 cm³/mol. The number of rotatable bonds is 3. The van der Waals surface area contributed by atoms with Gasteiger partial charge in [-0.15, -0.1) is 12.4 Å². The zero-order chi connectivity index (χ0) is 16.6. The molecule has 9 heteroatoms. The lowest BCUT2D eigenvalue weighted by molar-refractivity contribution is 0.172. The quantitative estimate of drug-likeness (QED) is 0.724. The van der Waals surface area contributed by atoms with Crippen LogP contribution in [0.5, 0.6) is 0 Å². The van der Waals surface area contributed by atoms with Gasteiger partial charge in [-0.05, 0) is 44.1 Å². The highest BCUT2D eigenvalue weighted by Gasteiger charge is 2.42. The average Bonchev–Trinajstić information content (AvgIpc) is 3.28. The van der Waals surface area contributed by atoms with Crippen molar-refractivity contribution < 1.29 is 4.52 Å². The Morgan fingerprint density at radius 2 is 1.84 bits per heavy atom. The summed E-state index contributed by atoms with van der Waals surface area (Å²) < 4.78 is 7.53. The van der Waals surface area contributed by atoms with Crippen LogP contribution in [0.3, 0.4) is 0 Å². The molecule has 0 aliphatic carbocycles. The summed E-state index contributed by atoms with van der Waals surface area (Å²) in [6.45, 7) is 1.70. The number of hydrogen-bond acceptors (Lipinski definition) is 5. The van der Waals surface area contributed by atoms with Crippen molar-refractivity contribution in [3.63, 3.8) is 0 Å². The summed E-state index contributed by atoms with van der Waals surface area (Å²) in [5.41, 5.74) is 0.133. The van der Waals surface area contributed by atoms with Gasteiger partial charge in [-0.2, -0.15) is 10.1 Å². The first-order valence-corrected chi connectivity index (χ1v) is 8.46. The SMILES string of the molecule is Cl.Clc1cccc(Cl)c1-c1noc(C2(n3cccn3)CCNCC2)n1. The topological polar surface area (TPSA) is 68.8 Å². The number of aromatic nitrogens is 4. The molecule has 25 heavy (non-hydrogen) atoms. The normalized spacial score (nSPS) is 16.4. The number of nitrogens with one attached hydrogen (secondary N) is 1. The number of hydrogen-bond donors (Lipinski definition) is 1. The van der Waals surface area contributed by atoms with E-state index in [1.807, 2.05) is 16.9 Å². The van der Waals surface area contributed by atoms with Crippen LogP contribution in [0.4, 0.5) is 0 Å². The van der Waals surface area contributed by atoms with Crippen molar-refractivity contribution in [2.45, 2.75) is 18.4 Å². The molecule has 0 unspecified atom stereocenters. The van der Waals surface area contributed by atoms with Crippen molar-refractivity contribution in [3.05, 3.63) is 52.6 Å². The maximum Gasteiger partial charge on any atom is 0.255 e. The van der Waals surface area contributed by atoms with Crippen molar-refractivity contribution in [3.8, 4) is 11.4 Å². The number of nitrogens with zero attached hydrogens (tertiary/aromatic N) is 4. The molecule has 1 aromatic carbocycles. The van der Waals surface area contributed by atoms with Crippen LogP contribution in [-0.2, 0) is 5.54 Å². The van der Waals surface area contributed by atoms with Crippen LogP contribution < -0.4 is 5.32 Å². The zero-order valence-corrected chi connectivity index (χ0v) is 15.5. The number of halogens is 3. The Bertz CT molecular complexity index is 823. The maximum atomic E-state index is 6.26. The lowest BCUT2D eigenvalue weighted by atomic mass is 9.88. The second-order valence-corrected chi connectivity index (χ2v) is 6.57. The first kappa shape index (κ1) is 18.2. The Morgan fingerprint density at radius 1 is 1.12 bits per heavy atom. The Balaban J connectivity index is 0.00000182. The van der Waals surface area contributed by atoms with E-state index < -0.39 is 5.54 Å². The van der Waals surface area contributed by atoms with Gasteiger partial charge in [0.1, 0.15) is 5.54 Å². The smallest absolute Gasteiger partial charge is 0.255 e. The van der Waals surface area contributed by atoms with Gasteiger partial charge < -0.3 is 9.84 Å². The fourth-order valence-electron chi connectivity index (χ4n) is 3.13. The molecule has 1 fully saturated rings. The number of benzene rings is 1. The van der Waals surface area contributed by atoms with Gasteiger partial charge >= 0.3 is 0 Å². The highest BCUT2D eigenvalue weighted by atomic mass is 35.5. The molecule has 4 rings (SSSR count). The molecular weight excluding hydrogens is 385 g/mol. The summed E-state index contributed by atoms with van der Waals surface area (Å²) in [5, 5.41) is 12.9. The van der Waals surface area contributed by atoms with E-state index >= 15 is 0 Å². The molecule has 1 saturated heterocycles. The fourth-order valence-corrected chi connectivity index (χ4v) is 3.70. The maximum absolute atomic E-state index is 6.26. The first-order valence-electron chi connectivity index (χ1n) is 7.70. The van der Waals surface area contributed by atoms with Crippen LogP contribution in [0, 0.1) is 0 Å². The molecule has 6 nitrogen and oxygen atoms in total. The Hall–Kier alpha value is -1.60. The lowest BCUT2D eigenvalue weighted by Crippen LogP contribution is -2.45. The van der Waals surface area contributed by atoms with Crippen LogP contribution in [0.15, 0.2) is 41.2 Å². The van der Waals surface area contributed by atoms with Gasteiger partial charge in [-0.25, -0.2) is 0 Å². The first-order chi connectivity index (χ1) is 11.7. The largest absolute Gasteiger partial charge is 0.336 e. The zero-order valence-electron chi connectivity index (χ0n) is 13.2. The molecule has 132 valence electrons. The van der Waals surface area contributed by atoms with Crippen molar-refractivity contribution in [2.75, 3.05) is 13.1 Å². The van der Waals surface area contributed by atoms with E-state index in [9.17, 15) is 0 Å². The second kappa shape index (κ2) is 7.33. The van der Waals surface area contributed by atoms with E-state index in [0.717, 1.165) is 25.9 Å². The third-order valence-electron chi connectivity index (χ3n) is 4.38. The molecule has 0 atom stereocenters. The predicted octanol–water partition coefficient (Wildman–Crippen LogP) is 3.79. The van der Waals surface area contributed by atoms with Crippen molar-refractivity contribution in [1.82, 2.24) is 25.2 Å². The van der Waals surface area contributed by atoms with Gasteiger partial charge in [0.15, 0.2) is 0 Å². The van der Waals surface area contributed by atoms with Gasteiger partial charge in [-0.1, -0.05) is 34.4 Å². The summed E-state index contributed by atoms with van der Waals surface area (Å²) in [6, 6.07) is 7.19. The minimum absolute atomic E-state index is 0. The molecule has 3 heterocycles. The highest BCUT2D eigenvalue weighted by molar-refractivity contribution is 6.38. The summed E-state index contributed by atoms with van der Waals surface area (Å²) in [5.74, 6) is 0.921. The van der Waals surface area contributed by atoms with Crippen LogP contribution in [0.1, 0.15) is 18.7 Å². The van der Waals surface area contributed by atoms with Crippen LogP contribution in [-0.4, -0.2) is 33.0 Å². The number of piperidine rings is 1. The summed E-state index contributed by atoms with van der Waals surface area (Å²) in [6.07, 6.45) is 5.31. The molecule has 1 N–H and O–H groups in total. The van der Waals surface area contributed by atoms with Crippen molar-refractivity contribution in [1.29, 1.82) is 0 Å². The van der Waals surface area contributed by atoms with E-state index in [4.69, 9.17) is 27.7 Å². The summed E-state index contributed by atoms with van der Waals surface area (Å²) in [4.78, 5) is 4.62. The molecule has 0 spiro atoms. The standard InChI is InChI=1S/C16H15Cl2N5O.ClH/c17-11-3-1-4-12(18)13(11)14-21-15(24-22-14)16(5-8-19-9-6-16)23-10-2-7-20-23;/h1-4,7,10,19H,5-6,8-9H2;1H. The molecule has 0 radical (unpaired) electrons. The van der Waals surface area contributed by atoms with Gasteiger partial charge in [0.25, 0.3) is 5.89 Å².